The maximum Gasteiger partial charge on any atom is 0.164 e. The van der Waals surface area contributed by atoms with E-state index in [2.05, 4.69) is 15.4 Å². The van der Waals surface area contributed by atoms with Gasteiger partial charge in [-0.1, -0.05) is 35.3 Å². The number of hydrazine groups is 1. The van der Waals surface area contributed by atoms with E-state index in [9.17, 15) is 0 Å². The van der Waals surface area contributed by atoms with Gasteiger partial charge in [-0.2, -0.15) is 0 Å². The molecule has 0 atom stereocenters. The van der Waals surface area contributed by atoms with Crippen LogP contribution >= 0.6 is 34.5 Å². The summed E-state index contributed by atoms with van der Waals surface area (Å²) in [5, 5.41) is 0.853. The van der Waals surface area contributed by atoms with Crippen molar-refractivity contribution in [2.45, 2.75) is 0 Å². The topological polar surface area (TPSA) is 63.8 Å². The lowest BCUT2D eigenvalue weighted by Gasteiger charge is -2.07. The Balaban J connectivity index is 2.28. The van der Waals surface area contributed by atoms with Gasteiger partial charge in [0, 0.05) is 5.39 Å². The van der Waals surface area contributed by atoms with Gasteiger partial charge >= 0.3 is 0 Å². The molecule has 2 aromatic heterocycles. The van der Waals surface area contributed by atoms with E-state index in [0.717, 1.165) is 10.9 Å². The highest BCUT2D eigenvalue weighted by Crippen LogP contribution is 2.37. The zero-order valence-electron chi connectivity index (χ0n) is 9.52. The molecule has 0 aliphatic carbocycles. The third-order valence-electron chi connectivity index (χ3n) is 2.64. The summed E-state index contributed by atoms with van der Waals surface area (Å²) in [5.74, 6) is 6.56. The van der Waals surface area contributed by atoms with Crippen LogP contribution in [-0.2, 0) is 0 Å². The van der Waals surface area contributed by atoms with Gasteiger partial charge in [0.15, 0.2) is 11.6 Å². The molecule has 0 spiro atoms. The van der Waals surface area contributed by atoms with Crippen LogP contribution in [0.25, 0.3) is 22.3 Å². The minimum atomic E-state index is 0.500. The van der Waals surface area contributed by atoms with Crippen molar-refractivity contribution >= 4 is 51.3 Å². The molecule has 0 saturated heterocycles. The molecule has 1 aromatic carbocycles. The Hall–Kier alpha value is -1.40. The zero-order valence-corrected chi connectivity index (χ0v) is 11.9. The first-order chi connectivity index (χ1) is 9.19. The SMILES string of the molecule is NNc1nc(-c2cc(Cl)sc2Cl)nc2ccccc12. The Labute approximate surface area is 123 Å². The molecule has 2 heterocycles. The second kappa shape index (κ2) is 4.94. The van der Waals surface area contributed by atoms with Crippen molar-refractivity contribution in [1.82, 2.24) is 9.97 Å². The molecule has 3 aromatic rings. The van der Waals surface area contributed by atoms with Crippen LogP contribution in [0.4, 0.5) is 5.82 Å². The van der Waals surface area contributed by atoms with Crippen LogP contribution in [0.2, 0.25) is 8.67 Å². The van der Waals surface area contributed by atoms with E-state index in [1.807, 2.05) is 24.3 Å². The minimum Gasteiger partial charge on any atom is -0.308 e. The molecule has 0 unspecified atom stereocenters. The Kier molecular flexibility index (Phi) is 3.28. The summed E-state index contributed by atoms with van der Waals surface area (Å²) in [6.45, 7) is 0. The first kappa shape index (κ1) is 12.6. The molecule has 0 fully saturated rings. The van der Waals surface area contributed by atoms with Crippen molar-refractivity contribution in [2.75, 3.05) is 5.43 Å². The monoisotopic (exact) mass is 310 g/mol. The zero-order chi connectivity index (χ0) is 13.4. The van der Waals surface area contributed by atoms with Gasteiger partial charge < -0.3 is 5.43 Å². The second-order valence-electron chi connectivity index (χ2n) is 3.80. The molecule has 0 radical (unpaired) electrons. The van der Waals surface area contributed by atoms with Crippen molar-refractivity contribution in [3.8, 4) is 11.4 Å². The lowest BCUT2D eigenvalue weighted by atomic mass is 10.2. The Morgan fingerprint density at radius 1 is 1.16 bits per heavy atom. The van der Waals surface area contributed by atoms with Crippen LogP contribution in [0.1, 0.15) is 0 Å². The maximum atomic E-state index is 6.13. The number of anilines is 1. The van der Waals surface area contributed by atoms with E-state index in [0.29, 0.717) is 25.9 Å². The number of nitrogens with zero attached hydrogens (tertiary/aromatic N) is 2. The van der Waals surface area contributed by atoms with Crippen LogP contribution in [0.3, 0.4) is 0 Å². The molecule has 0 aliphatic heterocycles. The van der Waals surface area contributed by atoms with E-state index < -0.39 is 0 Å². The Bertz CT molecular complexity index is 757. The number of nitrogens with two attached hydrogens (primary N) is 1. The van der Waals surface area contributed by atoms with Gasteiger partial charge in [0.25, 0.3) is 0 Å². The van der Waals surface area contributed by atoms with Gasteiger partial charge in [-0.3, -0.25) is 0 Å². The quantitative estimate of drug-likeness (QED) is 0.555. The molecule has 0 amide bonds. The molecule has 0 bridgehead atoms. The number of benzene rings is 1. The van der Waals surface area contributed by atoms with Crippen molar-refractivity contribution in [3.05, 3.63) is 39.0 Å². The van der Waals surface area contributed by atoms with Gasteiger partial charge in [-0.15, -0.1) is 11.3 Å². The molecule has 0 saturated carbocycles. The minimum absolute atomic E-state index is 0.500. The lowest BCUT2D eigenvalue weighted by molar-refractivity contribution is 1.19. The number of hydrogen-bond donors (Lipinski definition) is 2. The standard InChI is InChI=1S/C12H8Cl2N4S/c13-9-5-7(10(14)19-9)11-16-8-4-2-1-3-6(8)12(17-11)18-15/h1-5H,15H2,(H,16,17,18). The first-order valence-electron chi connectivity index (χ1n) is 5.37. The second-order valence-corrected chi connectivity index (χ2v) is 6.08. The van der Waals surface area contributed by atoms with E-state index in [-0.39, 0.29) is 0 Å². The Morgan fingerprint density at radius 2 is 1.95 bits per heavy atom. The van der Waals surface area contributed by atoms with Crippen LogP contribution in [-0.4, -0.2) is 9.97 Å². The molecule has 3 rings (SSSR count). The van der Waals surface area contributed by atoms with Gasteiger partial charge in [0.2, 0.25) is 0 Å². The molecule has 3 N–H and O–H groups in total. The number of aromatic nitrogens is 2. The van der Waals surface area contributed by atoms with Gasteiger partial charge in [-0.05, 0) is 18.2 Å². The smallest absolute Gasteiger partial charge is 0.164 e. The van der Waals surface area contributed by atoms with E-state index in [1.54, 1.807) is 6.07 Å². The summed E-state index contributed by atoms with van der Waals surface area (Å²) < 4.78 is 1.15. The summed E-state index contributed by atoms with van der Waals surface area (Å²) in [5.41, 5.74) is 4.08. The highest BCUT2D eigenvalue weighted by Gasteiger charge is 2.14. The van der Waals surface area contributed by atoms with E-state index >= 15 is 0 Å². The maximum absolute atomic E-state index is 6.13. The third-order valence-corrected chi connectivity index (χ3v) is 4.13. The summed E-state index contributed by atoms with van der Waals surface area (Å²) in [4.78, 5) is 8.87. The van der Waals surface area contributed by atoms with Gasteiger partial charge in [0.1, 0.15) is 4.34 Å². The van der Waals surface area contributed by atoms with Crippen molar-refractivity contribution in [3.63, 3.8) is 0 Å². The number of fused-ring (bicyclic) bond motifs is 1. The first-order valence-corrected chi connectivity index (χ1v) is 6.95. The van der Waals surface area contributed by atoms with Crippen LogP contribution in [0.5, 0.6) is 0 Å². The molecular weight excluding hydrogens is 303 g/mol. The van der Waals surface area contributed by atoms with Crippen molar-refractivity contribution in [1.29, 1.82) is 0 Å². The molecule has 4 nitrogen and oxygen atoms in total. The molecule has 7 heteroatoms. The van der Waals surface area contributed by atoms with Crippen LogP contribution in [0.15, 0.2) is 30.3 Å². The number of nitrogen functional groups attached to an aromatic ring is 1. The van der Waals surface area contributed by atoms with Gasteiger partial charge in [0.05, 0.1) is 15.4 Å². The molecule has 0 aliphatic rings. The number of rotatable bonds is 2. The fourth-order valence-corrected chi connectivity index (χ4v) is 3.26. The summed E-state index contributed by atoms with van der Waals surface area (Å²) in [6.07, 6.45) is 0. The van der Waals surface area contributed by atoms with Crippen molar-refractivity contribution in [2.24, 2.45) is 5.84 Å². The summed E-state index contributed by atoms with van der Waals surface area (Å²) in [7, 11) is 0. The lowest BCUT2D eigenvalue weighted by Crippen LogP contribution is -2.10. The average molecular weight is 311 g/mol. The molecule has 96 valence electrons. The van der Waals surface area contributed by atoms with Crippen molar-refractivity contribution < 1.29 is 0 Å². The largest absolute Gasteiger partial charge is 0.308 e. The summed E-state index contributed by atoms with van der Waals surface area (Å²) >= 11 is 13.4. The van der Waals surface area contributed by atoms with Gasteiger partial charge in [-0.25, -0.2) is 15.8 Å². The number of halogens is 2. The normalized spacial score (nSPS) is 10.9. The van der Waals surface area contributed by atoms with Crippen LogP contribution < -0.4 is 11.3 Å². The number of hydrogen-bond acceptors (Lipinski definition) is 5. The van der Waals surface area contributed by atoms with E-state index in [4.69, 9.17) is 29.0 Å². The fourth-order valence-electron chi connectivity index (χ4n) is 1.80. The fraction of sp³-hybridized carbons (Fsp3) is 0. The highest BCUT2D eigenvalue weighted by molar-refractivity contribution is 7.20. The molecule has 19 heavy (non-hydrogen) atoms. The number of nitrogens with one attached hydrogen (secondary N) is 1. The number of para-hydroxylation sites is 1. The third kappa shape index (κ3) is 2.26. The molecular formula is C12H8Cl2N4S. The van der Waals surface area contributed by atoms with Crippen LogP contribution in [0, 0.1) is 0 Å². The number of thiophene rings is 1. The Morgan fingerprint density at radius 3 is 2.63 bits per heavy atom. The predicted molar refractivity (Wildman–Crippen MR) is 80.7 cm³/mol. The average Bonchev–Trinajstić information content (AvgIpc) is 2.76. The highest BCUT2D eigenvalue weighted by atomic mass is 35.5. The van der Waals surface area contributed by atoms with E-state index in [1.165, 1.54) is 11.3 Å². The predicted octanol–water partition coefficient (Wildman–Crippen LogP) is 3.95. The summed E-state index contributed by atoms with van der Waals surface area (Å²) in [6, 6.07) is 9.35.